The molecular weight excluding hydrogens is 409 g/mol. The number of hydrogen-bond donors (Lipinski definition) is 1. The fraction of sp³-hybridized carbons (Fsp3) is 0.263. The van der Waals surface area contributed by atoms with Gasteiger partial charge >= 0.3 is 0 Å². The molecule has 11 heteroatoms. The van der Waals surface area contributed by atoms with E-state index in [0.717, 1.165) is 11.8 Å². The summed E-state index contributed by atoms with van der Waals surface area (Å²) in [7, 11) is -3.66. The van der Waals surface area contributed by atoms with E-state index in [4.69, 9.17) is 0 Å². The SMILES string of the molecule is CC(C)c1cnn2c(NCc3c(F)cccc3-n3cccn3)nc(S(C)(=O)=O)nc12. The molecule has 0 amide bonds. The summed E-state index contributed by atoms with van der Waals surface area (Å²) in [5.74, 6) is -0.190. The number of fused-ring (bicyclic) bond motifs is 1. The van der Waals surface area contributed by atoms with Gasteiger partial charge in [-0.2, -0.15) is 24.7 Å². The standard InChI is InChI=1S/C19H20FN7O2S/c1-12(2)13-11-23-27-17(13)24-19(30(3,28)29)25-18(27)21-10-14-15(20)6-4-7-16(14)26-9-5-8-22-26/h4-9,11-12H,10H2,1-3H3,(H,21,24,25). The second-order valence-electron chi connectivity index (χ2n) is 7.13. The molecule has 0 bridgehead atoms. The monoisotopic (exact) mass is 429 g/mol. The number of rotatable bonds is 6. The first-order chi connectivity index (χ1) is 14.3. The van der Waals surface area contributed by atoms with E-state index in [1.54, 1.807) is 41.5 Å². The zero-order chi connectivity index (χ0) is 21.5. The van der Waals surface area contributed by atoms with Crippen molar-refractivity contribution in [3.05, 3.63) is 59.8 Å². The Morgan fingerprint density at radius 1 is 1.17 bits per heavy atom. The molecule has 4 aromatic rings. The van der Waals surface area contributed by atoms with Crippen molar-refractivity contribution in [3.8, 4) is 5.69 Å². The Labute approximate surface area is 172 Å². The molecule has 30 heavy (non-hydrogen) atoms. The summed E-state index contributed by atoms with van der Waals surface area (Å²) in [4.78, 5) is 8.32. The molecule has 0 radical (unpaired) electrons. The van der Waals surface area contributed by atoms with E-state index in [2.05, 4.69) is 25.5 Å². The zero-order valence-electron chi connectivity index (χ0n) is 16.6. The molecule has 3 aromatic heterocycles. The van der Waals surface area contributed by atoms with Crippen LogP contribution in [0.2, 0.25) is 0 Å². The Hall–Kier alpha value is -3.34. The average molecular weight is 429 g/mol. The van der Waals surface area contributed by atoms with Crippen LogP contribution in [0.1, 0.15) is 30.9 Å². The second-order valence-corrected chi connectivity index (χ2v) is 9.04. The van der Waals surface area contributed by atoms with Crippen molar-refractivity contribution in [1.82, 2.24) is 29.4 Å². The maximum absolute atomic E-state index is 14.6. The summed E-state index contributed by atoms with van der Waals surface area (Å²) in [6, 6.07) is 6.44. The summed E-state index contributed by atoms with van der Waals surface area (Å²) >= 11 is 0. The molecule has 0 aliphatic rings. The highest BCUT2D eigenvalue weighted by molar-refractivity contribution is 7.90. The molecule has 0 saturated heterocycles. The van der Waals surface area contributed by atoms with Gasteiger partial charge in [0.25, 0.3) is 5.16 Å². The minimum atomic E-state index is -3.66. The minimum Gasteiger partial charge on any atom is -0.350 e. The average Bonchev–Trinajstić information content (AvgIpc) is 3.35. The maximum Gasteiger partial charge on any atom is 0.252 e. The van der Waals surface area contributed by atoms with E-state index in [1.165, 1.54) is 10.6 Å². The van der Waals surface area contributed by atoms with Gasteiger partial charge in [-0.25, -0.2) is 17.5 Å². The summed E-state index contributed by atoms with van der Waals surface area (Å²) in [5.41, 5.74) is 2.09. The Balaban J connectivity index is 1.79. The van der Waals surface area contributed by atoms with Gasteiger partial charge < -0.3 is 5.32 Å². The first-order valence-corrected chi connectivity index (χ1v) is 11.1. The maximum atomic E-state index is 14.6. The molecule has 0 atom stereocenters. The van der Waals surface area contributed by atoms with Gasteiger partial charge in [-0.05, 0) is 24.1 Å². The summed E-state index contributed by atoms with van der Waals surface area (Å²) in [6.07, 6.45) is 5.99. The van der Waals surface area contributed by atoms with Crippen LogP contribution in [0.5, 0.6) is 0 Å². The lowest BCUT2D eigenvalue weighted by Crippen LogP contribution is -2.15. The molecule has 0 spiro atoms. The summed E-state index contributed by atoms with van der Waals surface area (Å²) in [6.45, 7) is 3.96. The van der Waals surface area contributed by atoms with Gasteiger partial charge in [0.2, 0.25) is 15.8 Å². The van der Waals surface area contributed by atoms with Crippen LogP contribution in [0.4, 0.5) is 10.3 Å². The molecule has 1 N–H and O–H groups in total. The summed E-state index contributed by atoms with van der Waals surface area (Å²) in [5, 5.41) is 11.2. The molecule has 156 valence electrons. The fourth-order valence-corrected chi connectivity index (χ4v) is 3.58. The van der Waals surface area contributed by atoms with Gasteiger partial charge in [0.05, 0.1) is 11.9 Å². The highest BCUT2D eigenvalue weighted by Gasteiger charge is 2.20. The number of halogens is 1. The Morgan fingerprint density at radius 3 is 2.63 bits per heavy atom. The van der Waals surface area contributed by atoms with Gasteiger partial charge in [0.1, 0.15) is 5.82 Å². The Morgan fingerprint density at radius 2 is 1.97 bits per heavy atom. The van der Waals surface area contributed by atoms with Crippen molar-refractivity contribution in [2.45, 2.75) is 31.5 Å². The number of aromatic nitrogens is 6. The number of anilines is 1. The molecular formula is C19H20FN7O2S. The lowest BCUT2D eigenvalue weighted by molar-refractivity contribution is 0.591. The highest BCUT2D eigenvalue weighted by atomic mass is 32.2. The topological polar surface area (TPSA) is 107 Å². The van der Waals surface area contributed by atoms with Crippen LogP contribution in [0.25, 0.3) is 11.3 Å². The Bertz CT molecular complexity index is 1310. The highest BCUT2D eigenvalue weighted by Crippen LogP contribution is 2.23. The number of nitrogens with zero attached hydrogens (tertiary/aromatic N) is 6. The van der Waals surface area contributed by atoms with Gasteiger partial charge in [-0.15, -0.1) is 0 Å². The van der Waals surface area contributed by atoms with Crippen LogP contribution in [0, 0.1) is 5.82 Å². The third-order valence-electron chi connectivity index (χ3n) is 4.60. The number of nitrogens with one attached hydrogen (secondary N) is 1. The van der Waals surface area contributed by atoms with Crippen LogP contribution in [-0.2, 0) is 16.4 Å². The summed E-state index contributed by atoms with van der Waals surface area (Å²) < 4.78 is 41.8. The van der Waals surface area contributed by atoms with E-state index in [-0.39, 0.29) is 23.6 Å². The fourth-order valence-electron chi connectivity index (χ4n) is 3.08. The lowest BCUT2D eigenvalue weighted by atomic mass is 10.1. The van der Waals surface area contributed by atoms with Crippen LogP contribution in [0.15, 0.2) is 48.0 Å². The van der Waals surface area contributed by atoms with Gasteiger partial charge in [0, 0.05) is 36.3 Å². The van der Waals surface area contributed by atoms with Crippen LogP contribution in [-0.4, -0.2) is 44.0 Å². The van der Waals surface area contributed by atoms with Gasteiger partial charge in [0.15, 0.2) is 5.65 Å². The third-order valence-corrected chi connectivity index (χ3v) is 5.44. The first kappa shape index (κ1) is 20.0. The lowest BCUT2D eigenvalue weighted by Gasteiger charge is -2.13. The number of hydrogen-bond acceptors (Lipinski definition) is 7. The largest absolute Gasteiger partial charge is 0.350 e. The molecule has 1 aromatic carbocycles. The molecule has 0 aliphatic heterocycles. The second kappa shape index (κ2) is 7.48. The van der Waals surface area contributed by atoms with E-state index in [9.17, 15) is 12.8 Å². The number of sulfone groups is 1. The van der Waals surface area contributed by atoms with Crippen LogP contribution >= 0.6 is 0 Å². The molecule has 0 aliphatic carbocycles. The van der Waals surface area contributed by atoms with Crippen molar-refractivity contribution in [2.75, 3.05) is 11.6 Å². The van der Waals surface area contributed by atoms with Gasteiger partial charge in [-0.3, -0.25) is 0 Å². The molecule has 0 saturated carbocycles. The first-order valence-electron chi connectivity index (χ1n) is 9.22. The van der Waals surface area contributed by atoms with E-state index in [1.807, 2.05) is 13.8 Å². The third kappa shape index (κ3) is 3.63. The van der Waals surface area contributed by atoms with Crippen LogP contribution in [0.3, 0.4) is 0 Å². The zero-order valence-corrected chi connectivity index (χ0v) is 17.4. The van der Waals surface area contributed by atoms with E-state index < -0.39 is 15.7 Å². The molecule has 9 nitrogen and oxygen atoms in total. The molecule has 4 rings (SSSR count). The predicted octanol–water partition coefficient (Wildman–Crippen LogP) is 2.59. The van der Waals surface area contributed by atoms with Crippen molar-refractivity contribution >= 4 is 21.4 Å². The molecule has 3 heterocycles. The number of benzene rings is 1. The van der Waals surface area contributed by atoms with Crippen molar-refractivity contribution < 1.29 is 12.8 Å². The van der Waals surface area contributed by atoms with Gasteiger partial charge in [-0.1, -0.05) is 19.9 Å². The molecule has 0 fully saturated rings. The predicted molar refractivity (Wildman–Crippen MR) is 109 cm³/mol. The smallest absolute Gasteiger partial charge is 0.252 e. The van der Waals surface area contributed by atoms with Crippen molar-refractivity contribution in [3.63, 3.8) is 0 Å². The quantitative estimate of drug-likeness (QED) is 0.502. The van der Waals surface area contributed by atoms with Crippen molar-refractivity contribution in [1.29, 1.82) is 0 Å². The normalized spacial score (nSPS) is 12.0. The van der Waals surface area contributed by atoms with E-state index in [0.29, 0.717) is 16.9 Å². The van der Waals surface area contributed by atoms with Crippen LogP contribution < -0.4 is 5.32 Å². The van der Waals surface area contributed by atoms with E-state index >= 15 is 0 Å². The van der Waals surface area contributed by atoms with Crippen molar-refractivity contribution in [2.24, 2.45) is 0 Å². The molecule has 0 unspecified atom stereocenters. The minimum absolute atomic E-state index is 0.0358. The Kier molecular flexibility index (Phi) is 4.98.